The Bertz CT molecular complexity index is 1070. The van der Waals surface area contributed by atoms with Crippen molar-refractivity contribution in [3.8, 4) is 0 Å². The van der Waals surface area contributed by atoms with E-state index in [9.17, 15) is 14.0 Å². The van der Waals surface area contributed by atoms with Gasteiger partial charge in [0.25, 0.3) is 5.56 Å². The standard InChI is InChI=1S/C18H19FN6O2/c1-23-17-13(9-21-23)18(27)25(11-20-17)10-16(26)22-12-4-5-15(14(19)8-12)24-6-2-3-7-24/h4-5,8-9,11H,2-3,6-7,10H2,1H3,(H,22,26). The summed E-state index contributed by atoms with van der Waals surface area (Å²) in [5.74, 6) is -0.805. The predicted octanol–water partition coefficient (Wildman–Crippen LogP) is 1.51. The van der Waals surface area contributed by atoms with Crippen LogP contribution in [-0.4, -0.2) is 38.3 Å². The number of benzene rings is 1. The highest BCUT2D eigenvalue weighted by molar-refractivity contribution is 5.91. The van der Waals surface area contributed by atoms with Crippen molar-refractivity contribution < 1.29 is 9.18 Å². The van der Waals surface area contributed by atoms with E-state index < -0.39 is 5.91 Å². The molecule has 0 aliphatic carbocycles. The molecular formula is C18H19FN6O2. The van der Waals surface area contributed by atoms with E-state index in [1.54, 1.807) is 19.2 Å². The molecule has 1 aromatic carbocycles. The minimum atomic E-state index is -0.435. The Labute approximate surface area is 154 Å². The van der Waals surface area contributed by atoms with Crippen molar-refractivity contribution in [2.45, 2.75) is 19.4 Å². The lowest BCUT2D eigenvalue weighted by atomic mass is 10.2. The molecule has 3 aromatic rings. The van der Waals surface area contributed by atoms with Crippen molar-refractivity contribution >= 4 is 28.3 Å². The summed E-state index contributed by atoms with van der Waals surface area (Å²) >= 11 is 0. The number of aromatic nitrogens is 4. The molecule has 0 saturated carbocycles. The Morgan fingerprint density at radius 1 is 1.30 bits per heavy atom. The van der Waals surface area contributed by atoms with E-state index in [1.807, 2.05) is 4.90 Å². The summed E-state index contributed by atoms with van der Waals surface area (Å²) in [7, 11) is 1.69. The van der Waals surface area contributed by atoms with Gasteiger partial charge in [-0.1, -0.05) is 0 Å². The van der Waals surface area contributed by atoms with Crippen LogP contribution < -0.4 is 15.8 Å². The van der Waals surface area contributed by atoms with Gasteiger partial charge in [0.2, 0.25) is 5.91 Å². The number of aryl methyl sites for hydroxylation is 1. The van der Waals surface area contributed by atoms with Crippen LogP contribution in [0.25, 0.3) is 11.0 Å². The molecule has 140 valence electrons. The molecule has 0 unspecified atom stereocenters. The number of nitrogens with zero attached hydrogens (tertiary/aromatic N) is 5. The lowest BCUT2D eigenvalue weighted by Crippen LogP contribution is -2.28. The van der Waals surface area contributed by atoms with Gasteiger partial charge in [-0.3, -0.25) is 18.8 Å². The van der Waals surface area contributed by atoms with Crippen molar-refractivity contribution in [3.63, 3.8) is 0 Å². The number of fused-ring (bicyclic) bond motifs is 1. The molecule has 1 N–H and O–H groups in total. The van der Waals surface area contributed by atoms with Gasteiger partial charge in [0.15, 0.2) is 5.65 Å². The summed E-state index contributed by atoms with van der Waals surface area (Å²) in [6.07, 6.45) is 4.85. The van der Waals surface area contributed by atoms with Crippen LogP contribution in [0.4, 0.5) is 15.8 Å². The van der Waals surface area contributed by atoms with Crippen molar-refractivity contribution in [1.82, 2.24) is 19.3 Å². The van der Waals surface area contributed by atoms with Crippen LogP contribution in [0.1, 0.15) is 12.8 Å². The van der Waals surface area contributed by atoms with Gasteiger partial charge in [0.1, 0.15) is 24.1 Å². The van der Waals surface area contributed by atoms with Gasteiger partial charge < -0.3 is 10.2 Å². The second-order valence-electron chi connectivity index (χ2n) is 6.59. The smallest absolute Gasteiger partial charge is 0.264 e. The zero-order chi connectivity index (χ0) is 19.0. The van der Waals surface area contributed by atoms with Gasteiger partial charge in [-0.05, 0) is 31.0 Å². The molecule has 1 aliphatic rings. The van der Waals surface area contributed by atoms with Crippen LogP contribution in [0.5, 0.6) is 0 Å². The van der Waals surface area contributed by atoms with Gasteiger partial charge in [0.05, 0.1) is 11.9 Å². The summed E-state index contributed by atoms with van der Waals surface area (Å²) in [4.78, 5) is 30.8. The van der Waals surface area contributed by atoms with Crippen LogP contribution in [0.2, 0.25) is 0 Å². The highest BCUT2D eigenvalue weighted by Gasteiger charge is 2.17. The monoisotopic (exact) mass is 370 g/mol. The Hall–Kier alpha value is -3.23. The van der Waals surface area contributed by atoms with Crippen molar-refractivity contribution in [2.24, 2.45) is 7.05 Å². The maximum atomic E-state index is 14.4. The fourth-order valence-electron chi connectivity index (χ4n) is 3.33. The zero-order valence-corrected chi connectivity index (χ0v) is 14.9. The molecule has 1 aliphatic heterocycles. The van der Waals surface area contributed by atoms with Gasteiger partial charge in [-0.15, -0.1) is 0 Å². The maximum Gasteiger partial charge on any atom is 0.264 e. The van der Waals surface area contributed by atoms with E-state index in [0.29, 0.717) is 22.4 Å². The highest BCUT2D eigenvalue weighted by atomic mass is 19.1. The number of carbonyl (C=O) groups excluding carboxylic acids is 1. The molecule has 1 amide bonds. The maximum absolute atomic E-state index is 14.4. The van der Waals surface area contributed by atoms with Crippen molar-refractivity contribution in [3.05, 3.63) is 46.9 Å². The molecule has 3 heterocycles. The highest BCUT2D eigenvalue weighted by Crippen LogP contribution is 2.26. The number of rotatable bonds is 4. The van der Waals surface area contributed by atoms with E-state index in [4.69, 9.17) is 0 Å². The number of amides is 1. The average Bonchev–Trinajstić information content (AvgIpc) is 3.28. The first-order chi connectivity index (χ1) is 13.0. The number of hydrogen-bond acceptors (Lipinski definition) is 5. The summed E-state index contributed by atoms with van der Waals surface area (Å²) in [6.45, 7) is 1.47. The molecule has 2 aromatic heterocycles. The molecule has 8 nitrogen and oxygen atoms in total. The topological polar surface area (TPSA) is 85.0 Å². The lowest BCUT2D eigenvalue weighted by molar-refractivity contribution is -0.116. The van der Waals surface area contributed by atoms with Crippen molar-refractivity contribution in [1.29, 1.82) is 0 Å². The van der Waals surface area contributed by atoms with E-state index >= 15 is 0 Å². The van der Waals surface area contributed by atoms with Crippen LogP contribution >= 0.6 is 0 Å². The molecule has 0 radical (unpaired) electrons. The third kappa shape index (κ3) is 3.27. The molecule has 0 spiro atoms. The summed E-state index contributed by atoms with van der Waals surface area (Å²) in [6, 6.07) is 4.64. The van der Waals surface area contributed by atoms with Crippen LogP contribution in [0.3, 0.4) is 0 Å². The fraction of sp³-hybridized carbons (Fsp3) is 0.333. The Balaban J connectivity index is 1.49. The Morgan fingerprint density at radius 3 is 2.81 bits per heavy atom. The molecule has 0 bridgehead atoms. The number of hydrogen-bond donors (Lipinski definition) is 1. The van der Waals surface area contributed by atoms with E-state index in [1.165, 1.54) is 27.8 Å². The van der Waals surface area contributed by atoms with Gasteiger partial charge in [-0.25, -0.2) is 9.37 Å². The zero-order valence-electron chi connectivity index (χ0n) is 14.9. The predicted molar refractivity (Wildman–Crippen MR) is 99.2 cm³/mol. The SMILES string of the molecule is Cn1ncc2c(=O)n(CC(=O)Nc3ccc(N4CCCC4)c(F)c3)cnc21. The molecule has 27 heavy (non-hydrogen) atoms. The normalized spacial score (nSPS) is 14.1. The molecule has 1 fully saturated rings. The second kappa shape index (κ2) is 6.82. The van der Waals surface area contributed by atoms with E-state index in [2.05, 4.69) is 15.4 Å². The van der Waals surface area contributed by atoms with E-state index in [0.717, 1.165) is 25.9 Å². The van der Waals surface area contributed by atoms with Crippen LogP contribution in [0, 0.1) is 5.82 Å². The quantitative estimate of drug-likeness (QED) is 0.752. The van der Waals surface area contributed by atoms with Gasteiger partial charge >= 0.3 is 0 Å². The fourth-order valence-corrected chi connectivity index (χ4v) is 3.33. The molecular weight excluding hydrogens is 351 g/mol. The second-order valence-corrected chi connectivity index (χ2v) is 6.59. The first-order valence-electron chi connectivity index (χ1n) is 8.74. The Morgan fingerprint density at radius 2 is 2.07 bits per heavy atom. The Kier molecular flexibility index (Phi) is 4.35. The van der Waals surface area contributed by atoms with Crippen LogP contribution in [0.15, 0.2) is 35.5 Å². The van der Waals surface area contributed by atoms with Crippen LogP contribution in [-0.2, 0) is 18.4 Å². The minimum absolute atomic E-state index is 0.216. The number of anilines is 2. The molecule has 9 heteroatoms. The summed E-state index contributed by atoms with van der Waals surface area (Å²) in [5, 5.41) is 6.95. The van der Waals surface area contributed by atoms with Crippen molar-refractivity contribution in [2.75, 3.05) is 23.3 Å². The number of carbonyl (C=O) groups is 1. The minimum Gasteiger partial charge on any atom is -0.369 e. The third-order valence-corrected chi connectivity index (χ3v) is 4.71. The first-order valence-corrected chi connectivity index (χ1v) is 8.74. The largest absolute Gasteiger partial charge is 0.369 e. The van der Waals surface area contributed by atoms with Gasteiger partial charge in [0, 0.05) is 25.8 Å². The van der Waals surface area contributed by atoms with Gasteiger partial charge in [-0.2, -0.15) is 5.10 Å². The first kappa shape index (κ1) is 17.2. The average molecular weight is 370 g/mol. The van der Waals surface area contributed by atoms with E-state index in [-0.39, 0.29) is 17.9 Å². The molecule has 1 saturated heterocycles. The number of nitrogens with one attached hydrogen (secondary N) is 1. The molecule has 4 rings (SSSR count). The summed E-state index contributed by atoms with van der Waals surface area (Å²) < 4.78 is 17.0. The lowest BCUT2D eigenvalue weighted by Gasteiger charge is -2.18. The summed E-state index contributed by atoms with van der Waals surface area (Å²) in [5.41, 5.74) is 1.01. The number of halogens is 1. The molecule has 0 atom stereocenters. The third-order valence-electron chi connectivity index (χ3n) is 4.71.